The third kappa shape index (κ3) is 3.85. The zero-order chi connectivity index (χ0) is 13.1. The molecule has 2 unspecified atom stereocenters. The van der Waals surface area contributed by atoms with E-state index in [-0.39, 0.29) is 18.2 Å². The lowest BCUT2D eigenvalue weighted by Crippen LogP contribution is -2.48. The smallest absolute Gasteiger partial charge is 0.317 e. The van der Waals surface area contributed by atoms with Crippen LogP contribution in [0.15, 0.2) is 0 Å². The molecule has 0 spiro atoms. The molecule has 2 N–H and O–H groups in total. The molecule has 0 aromatic heterocycles. The molecule has 0 bridgehead atoms. The van der Waals surface area contributed by atoms with Crippen molar-refractivity contribution in [2.45, 2.75) is 37.8 Å². The summed E-state index contributed by atoms with van der Waals surface area (Å²) in [4.78, 5) is 13.6. The number of aliphatic hydroxyl groups excluding tert-OH is 1. The van der Waals surface area contributed by atoms with Gasteiger partial charge in [0.25, 0.3) is 0 Å². The second-order valence-electron chi connectivity index (χ2n) is 5.63. The highest BCUT2D eigenvalue weighted by molar-refractivity contribution is 5.74. The zero-order valence-electron chi connectivity index (χ0n) is 11.3. The summed E-state index contributed by atoms with van der Waals surface area (Å²) in [7, 11) is 3.39. The van der Waals surface area contributed by atoms with Gasteiger partial charge < -0.3 is 20.1 Å². The van der Waals surface area contributed by atoms with Crippen molar-refractivity contribution in [3.8, 4) is 0 Å². The minimum atomic E-state index is -0.373. The Bertz CT molecular complexity index is 290. The monoisotopic (exact) mass is 256 g/mol. The summed E-state index contributed by atoms with van der Waals surface area (Å²) in [6.07, 6.45) is 4.14. The maximum atomic E-state index is 12.0. The molecule has 0 aromatic rings. The number of ether oxygens (including phenoxy) is 1. The van der Waals surface area contributed by atoms with E-state index in [2.05, 4.69) is 5.32 Å². The number of rotatable bonds is 7. The van der Waals surface area contributed by atoms with E-state index >= 15 is 0 Å². The number of hydrogen-bond donors (Lipinski definition) is 2. The van der Waals surface area contributed by atoms with Gasteiger partial charge in [0.1, 0.15) is 0 Å². The van der Waals surface area contributed by atoms with Gasteiger partial charge in [0.05, 0.1) is 18.8 Å². The summed E-state index contributed by atoms with van der Waals surface area (Å²) in [6.45, 7) is 0.982. The molecule has 2 aliphatic rings. The Morgan fingerprint density at radius 2 is 2.00 bits per heavy atom. The maximum absolute atomic E-state index is 12.0. The van der Waals surface area contributed by atoms with E-state index in [0.717, 1.165) is 12.8 Å². The predicted octanol–water partition coefficient (Wildman–Crippen LogP) is 0.824. The van der Waals surface area contributed by atoms with Gasteiger partial charge >= 0.3 is 6.03 Å². The molecule has 0 aromatic carbocycles. The van der Waals surface area contributed by atoms with E-state index in [0.29, 0.717) is 25.0 Å². The Hall–Kier alpha value is -0.810. The first-order chi connectivity index (χ1) is 8.61. The Labute approximate surface area is 108 Å². The number of aliphatic hydroxyl groups is 1. The van der Waals surface area contributed by atoms with Gasteiger partial charge in [-0.2, -0.15) is 0 Å². The Balaban J connectivity index is 1.74. The number of urea groups is 1. The van der Waals surface area contributed by atoms with E-state index in [9.17, 15) is 9.90 Å². The van der Waals surface area contributed by atoms with Crippen molar-refractivity contribution in [3.05, 3.63) is 0 Å². The highest BCUT2D eigenvalue weighted by atomic mass is 16.5. The third-order valence-corrected chi connectivity index (χ3v) is 3.82. The molecule has 104 valence electrons. The molecule has 2 fully saturated rings. The molecule has 0 saturated heterocycles. The number of carbonyl (C=O) groups is 1. The van der Waals surface area contributed by atoms with Crippen LogP contribution >= 0.6 is 0 Å². The molecule has 0 heterocycles. The molecule has 5 nitrogen and oxygen atoms in total. The van der Waals surface area contributed by atoms with Crippen LogP contribution in [0.1, 0.15) is 25.7 Å². The van der Waals surface area contributed by atoms with Gasteiger partial charge in [-0.15, -0.1) is 0 Å². The molecule has 5 heteroatoms. The fraction of sp³-hybridized carbons (Fsp3) is 0.923. The van der Waals surface area contributed by atoms with Crippen molar-refractivity contribution in [2.24, 2.45) is 11.8 Å². The number of nitrogens with zero attached hydrogens (tertiary/aromatic N) is 1. The lowest BCUT2D eigenvalue weighted by Gasteiger charge is -2.25. The van der Waals surface area contributed by atoms with Crippen molar-refractivity contribution >= 4 is 6.03 Å². The molecule has 2 saturated carbocycles. The molecule has 2 atom stereocenters. The second kappa shape index (κ2) is 5.89. The summed E-state index contributed by atoms with van der Waals surface area (Å²) in [5.74, 6) is 0.967. The van der Waals surface area contributed by atoms with E-state index in [1.54, 1.807) is 19.1 Å². The summed E-state index contributed by atoms with van der Waals surface area (Å²) in [6, 6.07) is 0.00617. The van der Waals surface area contributed by atoms with Crippen LogP contribution in [0.25, 0.3) is 0 Å². The van der Waals surface area contributed by atoms with E-state index in [4.69, 9.17) is 4.74 Å². The van der Waals surface area contributed by atoms with Crippen LogP contribution in [0, 0.1) is 11.8 Å². The van der Waals surface area contributed by atoms with Crippen LogP contribution in [0.3, 0.4) is 0 Å². The summed E-state index contributed by atoms with van der Waals surface area (Å²) < 4.78 is 5.13. The Kier molecular flexibility index (Phi) is 4.45. The Morgan fingerprint density at radius 1 is 1.39 bits per heavy atom. The Morgan fingerprint density at radius 3 is 2.50 bits per heavy atom. The van der Waals surface area contributed by atoms with Crippen molar-refractivity contribution in [1.29, 1.82) is 0 Å². The van der Waals surface area contributed by atoms with E-state index in [1.165, 1.54) is 12.8 Å². The van der Waals surface area contributed by atoms with Gasteiger partial charge in [-0.25, -0.2) is 4.79 Å². The number of likely N-dealkylation sites (N-methyl/N-ethyl adjacent to an activating group) is 1. The van der Waals surface area contributed by atoms with Crippen LogP contribution in [-0.2, 0) is 4.74 Å². The van der Waals surface area contributed by atoms with Gasteiger partial charge in [-0.1, -0.05) is 0 Å². The summed E-state index contributed by atoms with van der Waals surface area (Å²) >= 11 is 0. The molecular formula is C13H24N2O3. The topological polar surface area (TPSA) is 61.8 Å². The van der Waals surface area contributed by atoms with Crippen molar-refractivity contribution < 1.29 is 14.6 Å². The highest BCUT2D eigenvalue weighted by Gasteiger charge is 2.34. The van der Waals surface area contributed by atoms with Crippen LogP contribution in [0.2, 0.25) is 0 Å². The first-order valence-electron chi connectivity index (χ1n) is 6.80. The zero-order valence-corrected chi connectivity index (χ0v) is 11.3. The van der Waals surface area contributed by atoms with Gasteiger partial charge in [-0.3, -0.25) is 0 Å². The van der Waals surface area contributed by atoms with Crippen LogP contribution < -0.4 is 5.32 Å². The molecule has 2 rings (SSSR count). The molecular weight excluding hydrogens is 232 g/mol. The van der Waals surface area contributed by atoms with E-state index < -0.39 is 0 Å². The SMILES string of the molecule is COCC(NC(=O)N(C)CC(O)C1CC1)C1CC1. The maximum Gasteiger partial charge on any atom is 0.317 e. The number of nitrogens with one attached hydrogen (secondary N) is 1. The normalized spacial score (nSPS) is 22.4. The third-order valence-electron chi connectivity index (χ3n) is 3.82. The fourth-order valence-corrected chi connectivity index (χ4v) is 2.24. The first-order valence-corrected chi connectivity index (χ1v) is 6.80. The predicted molar refractivity (Wildman–Crippen MR) is 68.3 cm³/mol. The average molecular weight is 256 g/mol. The number of amides is 2. The quantitative estimate of drug-likeness (QED) is 0.709. The van der Waals surface area contributed by atoms with Crippen LogP contribution in [-0.4, -0.2) is 55.5 Å². The number of methoxy groups -OCH3 is 1. The molecule has 2 amide bonds. The minimum absolute atomic E-state index is 0.108. The minimum Gasteiger partial charge on any atom is -0.391 e. The lowest BCUT2D eigenvalue weighted by molar-refractivity contribution is 0.108. The molecule has 0 aliphatic heterocycles. The fourth-order valence-electron chi connectivity index (χ4n) is 2.24. The number of hydrogen-bond acceptors (Lipinski definition) is 3. The van der Waals surface area contributed by atoms with Crippen LogP contribution in [0.5, 0.6) is 0 Å². The van der Waals surface area contributed by atoms with Gasteiger partial charge in [0.15, 0.2) is 0 Å². The van der Waals surface area contributed by atoms with Gasteiger partial charge in [0.2, 0.25) is 0 Å². The first kappa shape index (κ1) is 13.6. The second-order valence-corrected chi connectivity index (χ2v) is 5.63. The average Bonchev–Trinajstić information content (AvgIpc) is 3.19. The summed E-state index contributed by atoms with van der Waals surface area (Å²) in [5.41, 5.74) is 0. The molecule has 0 radical (unpaired) electrons. The van der Waals surface area contributed by atoms with Gasteiger partial charge in [-0.05, 0) is 37.5 Å². The summed E-state index contributed by atoms with van der Waals surface area (Å²) in [5, 5.41) is 12.8. The van der Waals surface area contributed by atoms with Crippen molar-refractivity contribution in [2.75, 3.05) is 27.3 Å². The largest absolute Gasteiger partial charge is 0.391 e. The standard InChI is InChI=1S/C13H24N2O3/c1-15(7-12(16)10-5-6-10)13(17)14-11(8-18-2)9-3-4-9/h9-12,16H,3-8H2,1-2H3,(H,14,17). The highest BCUT2D eigenvalue weighted by Crippen LogP contribution is 2.33. The van der Waals surface area contributed by atoms with Crippen molar-refractivity contribution in [3.63, 3.8) is 0 Å². The van der Waals surface area contributed by atoms with Crippen LogP contribution in [0.4, 0.5) is 4.79 Å². The van der Waals surface area contributed by atoms with E-state index in [1.807, 2.05) is 0 Å². The molecule has 2 aliphatic carbocycles. The lowest BCUT2D eigenvalue weighted by atomic mass is 10.2. The number of carbonyl (C=O) groups excluding carboxylic acids is 1. The molecule has 18 heavy (non-hydrogen) atoms. The van der Waals surface area contributed by atoms with Gasteiger partial charge in [0, 0.05) is 20.7 Å². The van der Waals surface area contributed by atoms with Crippen molar-refractivity contribution in [1.82, 2.24) is 10.2 Å².